The van der Waals surface area contributed by atoms with E-state index in [0.717, 1.165) is 11.0 Å². The Morgan fingerprint density at radius 3 is 2.32 bits per heavy atom. The Balaban J connectivity index is 1.37. The van der Waals surface area contributed by atoms with Crippen molar-refractivity contribution >= 4 is 35.1 Å². The molecular weight excluding hydrogens is 437 g/mol. The molecule has 0 spiro atoms. The van der Waals surface area contributed by atoms with Gasteiger partial charge in [0.25, 0.3) is 11.8 Å². The van der Waals surface area contributed by atoms with Crippen molar-refractivity contribution in [3.05, 3.63) is 58.2 Å². The molecule has 0 bridgehead atoms. The SMILES string of the molecule is O=C(CCCN1C(=O)c2ccccc2C1=O)NCCNc1ncc(C(F)(F)F)cc1Cl. The summed E-state index contributed by atoms with van der Waals surface area (Å²) in [6.45, 7) is 0.510. The second-order valence-corrected chi connectivity index (χ2v) is 7.15. The third-order valence-electron chi connectivity index (χ3n) is 4.57. The molecule has 2 aromatic rings. The van der Waals surface area contributed by atoms with Crippen LogP contribution in [0.25, 0.3) is 0 Å². The zero-order chi connectivity index (χ0) is 22.6. The highest BCUT2D eigenvalue weighted by Crippen LogP contribution is 2.32. The van der Waals surface area contributed by atoms with Gasteiger partial charge in [-0.25, -0.2) is 4.98 Å². The zero-order valence-corrected chi connectivity index (χ0v) is 16.9. The first-order valence-electron chi connectivity index (χ1n) is 9.37. The summed E-state index contributed by atoms with van der Waals surface area (Å²) in [6.07, 6.45) is -3.45. The highest BCUT2D eigenvalue weighted by molar-refractivity contribution is 6.33. The van der Waals surface area contributed by atoms with Gasteiger partial charge in [-0.2, -0.15) is 13.2 Å². The van der Waals surface area contributed by atoms with Crippen LogP contribution >= 0.6 is 11.6 Å². The molecule has 0 fully saturated rings. The van der Waals surface area contributed by atoms with E-state index in [1.165, 1.54) is 0 Å². The molecule has 1 aliphatic rings. The summed E-state index contributed by atoms with van der Waals surface area (Å²) in [6, 6.07) is 7.32. The molecule has 31 heavy (non-hydrogen) atoms. The van der Waals surface area contributed by atoms with Crippen molar-refractivity contribution in [3.63, 3.8) is 0 Å². The minimum absolute atomic E-state index is 0.0783. The van der Waals surface area contributed by atoms with Crippen molar-refractivity contribution in [1.29, 1.82) is 0 Å². The van der Waals surface area contributed by atoms with Crippen molar-refractivity contribution in [2.24, 2.45) is 0 Å². The number of fused-ring (bicyclic) bond motifs is 1. The number of alkyl halides is 3. The van der Waals surface area contributed by atoms with Crippen molar-refractivity contribution in [3.8, 4) is 0 Å². The van der Waals surface area contributed by atoms with E-state index >= 15 is 0 Å². The van der Waals surface area contributed by atoms with Crippen LogP contribution < -0.4 is 10.6 Å². The molecule has 0 saturated heterocycles. The number of anilines is 1. The number of aromatic nitrogens is 1. The molecule has 7 nitrogen and oxygen atoms in total. The number of benzene rings is 1. The molecule has 0 saturated carbocycles. The molecular formula is C20H18ClF3N4O3. The lowest BCUT2D eigenvalue weighted by Crippen LogP contribution is -2.33. The largest absolute Gasteiger partial charge is 0.417 e. The highest BCUT2D eigenvalue weighted by Gasteiger charge is 2.34. The summed E-state index contributed by atoms with van der Waals surface area (Å²) in [7, 11) is 0. The number of halogens is 4. The monoisotopic (exact) mass is 454 g/mol. The third kappa shape index (κ3) is 5.32. The zero-order valence-electron chi connectivity index (χ0n) is 16.1. The molecule has 3 rings (SSSR count). The van der Waals surface area contributed by atoms with Crippen LogP contribution in [0.5, 0.6) is 0 Å². The van der Waals surface area contributed by atoms with E-state index in [9.17, 15) is 27.6 Å². The van der Waals surface area contributed by atoms with Crippen LogP contribution in [0.3, 0.4) is 0 Å². The Labute approximate surface area is 180 Å². The molecule has 2 N–H and O–H groups in total. The standard InChI is InChI=1S/C20H18ClF3N4O3/c21-15-10-12(20(22,23)24)11-27-17(15)26-8-7-25-16(29)6-3-9-28-18(30)13-4-1-2-5-14(13)19(28)31/h1-2,4-5,10-11H,3,6-9H2,(H,25,29)(H,26,27). The number of nitrogens with zero attached hydrogens (tertiary/aromatic N) is 2. The van der Waals surface area contributed by atoms with Gasteiger partial charge in [-0.05, 0) is 24.6 Å². The molecule has 3 amide bonds. The van der Waals surface area contributed by atoms with E-state index in [0.29, 0.717) is 23.7 Å². The smallest absolute Gasteiger partial charge is 0.367 e. The predicted octanol–water partition coefficient (Wildman–Crippen LogP) is 3.36. The minimum atomic E-state index is -4.53. The molecule has 0 radical (unpaired) electrons. The molecule has 1 aromatic heterocycles. The third-order valence-corrected chi connectivity index (χ3v) is 4.86. The normalized spacial score (nSPS) is 13.4. The van der Waals surface area contributed by atoms with Gasteiger partial charge in [-0.15, -0.1) is 0 Å². The lowest BCUT2D eigenvalue weighted by atomic mass is 10.1. The lowest BCUT2D eigenvalue weighted by molar-refractivity contribution is -0.137. The first-order chi connectivity index (χ1) is 14.7. The highest BCUT2D eigenvalue weighted by atomic mass is 35.5. The second-order valence-electron chi connectivity index (χ2n) is 6.74. The van der Waals surface area contributed by atoms with E-state index < -0.39 is 11.7 Å². The van der Waals surface area contributed by atoms with E-state index in [1.807, 2.05) is 0 Å². The van der Waals surface area contributed by atoms with Gasteiger partial charge >= 0.3 is 6.18 Å². The lowest BCUT2D eigenvalue weighted by Gasteiger charge is -2.13. The fraction of sp³-hybridized carbons (Fsp3) is 0.300. The topological polar surface area (TPSA) is 91.4 Å². The number of imide groups is 1. The van der Waals surface area contributed by atoms with Crippen molar-refractivity contribution in [2.45, 2.75) is 19.0 Å². The molecule has 1 aliphatic heterocycles. The number of carbonyl (C=O) groups is 3. The van der Waals surface area contributed by atoms with Crippen molar-refractivity contribution < 1.29 is 27.6 Å². The number of pyridine rings is 1. The molecule has 11 heteroatoms. The number of nitrogens with one attached hydrogen (secondary N) is 2. The second kappa shape index (κ2) is 9.34. The average Bonchev–Trinajstić information content (AvgIpc) is 2.96. The van der Waals surface area contributed by atoms with Gasteiger partial charge in [0, 0.05) is 32.3 Å². The summed E-state index contributed by atoms with van der Waals surface area (Å²) < 4.78 is 37.8. The fourth-order valence-electron chi connectivity index (χ4n) is 3.03. The van der Waals surface area contributed by atoms with Crippen LogP contribution in [0, 0.1) is 0 Å². The summed E-state index contributed by atoms with van der Waals surface area (Å²) in [4.78, 5) is 41.2. The maximum absolute atomic E-state index is 12.6. The van der Waals surface area contributed by atoms with Gasteiger partial charge in [-0.3, -0.25) is 19.3 Å². The Morgan fingerprint density at radius 1 is 1.10 bits per heavy atom. The van der Waals surface area contributed by atoms with Gasteiger partial charge in [0.15, 0.2) is 0 Å². The first kappa shape index (κ1) is 22.5. The Morgan fingerprint density at radius 2 is 1.74 bits per heavy atom. The summed E-state index contributed by atoms with van der Waals surface area (Å²) in [5.74, 6) is -0.948. The summed E-state index contributed by atoms with van der Waals surface area (Å²) >= 11 is 5.79. The van der Waals surface area contributed by atoms with Gasteiger partial charge < -0.3 is 10.6 Å². The summed E-state index contributed by atoms with van der Waals surface area (Å²) in [5.41, 5.74) is -0.230. The van der Waals surface area contributed by atoms with Gasteiger partial charge in [0.1, 0.15) is 5.82 Å². The van der Waals surface area contributed by atoms with E-state index in [1.54, 1.807) is 24.3 Å². The van der Waals surface area contributed by atoms with Crippen molar-refractivity contribution in [2.75, 3.05) is 25.0 Å². The quantitative estimate of drug-likeness (QED) is 0.471. The molecule has 164 valence electrons. The summed E-state index contributed by atoms with van der Waals surface area (Å²) in [5, 5.41) is 5.20. The van der Waals surface area contributed by atoms with Crippen LogP contribution in [-0.4, -0.2) is 47.2 Å². The fourth-order valence-corrected chi connectivity index (χ4v) is 3.27. The van der Waals surface area contributed by atoms with Gasteiger partial charge in [0.2, 0.25) is 5.91 Å². The van der Waals surface area contributed by atoms with Crippen molar-refractivity contribution in [1.82, 2.24) is 15.2 Å². The first-order valence-corrected chi connectivity index (χ1v) is 9.75. The average molecular weight is 455 g/mol. The maximum atomic E-state index is 12.6. The number of rotatable bonds is 8. The number of carbonyl (C=O) groups excluding carboxylic acids is 3. The minimum Gasteiger partial charge on any atom is -0.367 e. The molecule has 0 unspecified atom stereocenters. The van der Waals surface area contributed by atoms with E-state index in [4.69, 9.17) is 11.6 Å². The van der Waals surface area contributed by atoms with Gasteiger partial charge in [-0.1, -0.05) is 23.7 Å². The molecule has 0 aliphatic carbocycles. The van der Waals surface area contributed by atoms with Crippen LogP contribution in [-0.2, 0) is 11.0 Å². The Hall–Kier alpha value is -3.14. The van der Waals surface area contributed by atoms with Crippen LogP contribution in [0.1, 0.15) is 39.1 Å². The van der Waals surface area contributed by atoms with Gasteiger partial charge in [0.05, 0.1) is 21.7 Å². The number of amides is 3. The number of hydrogen-bond acceptors (Lipinski definition) is 5. The maximum Gasteiger partial charge on any atom is 0.417 e. The van der Waals surface area contributed by atoms with Crippen LogP contribution in [0.2, 0.25) is 5.02 Å². The van der Waals surface area contributed by atoms with E-state index in [2.05, 4.69) is 15.6 Å². The molecule has 1 aromatic carbocycles. The number of hydrogen-bond donors (Lipinski definition) is 2. The molecule has 2 heterocycles. The van der Waals surface area contributed by atoms with E-state index in [-0.39, 0.29) is 54.6 Å². The molecule has 0 atom stereocenters. The Bertz CT molecular complexity index is 978. The Kier molecular flexibility index (Phi) is 6.79. The predicted molar refractivity (Wildman–Crippen MR) is 107 cm³/mol. The van der Waals surface area contributed by atoms with Crippen LogP contribution in [0.15, 0.2) is 36.5 Å². The van der Waals surface area contributed by atoms with Crippen LogP contribution in [0.4, 0.5) is 19.0 Å².